The van der Waals surface area contributed by atoms with Gasteiger partial charge >= 0.3 is 0 Å². The first-order valence-corrected chi connectivity index (χ1v) is 7.69. The number of para-hydroxylation sites is 1. The van der Waals surface area contributed by atoms with Crippen LogP contribution in [0.5, 0.6) is 0 Å². The summed E-state index contributed by atoms with van der Waals surface area (Å²) >= 11 is 0. The van der Waals surface area contributed by atoms with Crippen molar-refractivity contribution in [2.45, 2.75) is 13.0 Å². The zero-order valence-electron chi connectivity index (χ0n) is 10.5. The number of benzene rings is 1. The Hall–Kier alpha value is -1.63. The smallest absolute Gasteiger partial charge is 0.256 e. The van der Waals surface area contributed by atoms with Gasteiger partial charge in [-0.25, -0.2) is 12.8 Å². The highest BCUT2D eigenvalue weighted by Gasteiger charge is 2.32. The highest BCUT2D eigenvalue weighted by Crippen LogP contribution is 2.21. The van der Waals surface area contributed by atoms with Crippen LogP contribution in [0.4, 0.5) is 10.1 Å². The number of nitrogens with zero attached hydrogens (tertiary/aromatic N) is 1. The van der Waals surface area contributed by atoms with Crippen molar-refractivity contribution < 1.29 is 17.6 Å². The van der Waals surface area contributed by atoms with E-state index in [0.29, 0.717) is 0 Å². The quantitative estimate of drug-likeness (QED) is 0.769. The molecule has 1 heterocycles. The van der Waals surface area contributed by atoms with Crippen LogP contribution in [0.15, 0.2) is 18.2 Å². The number of rotatable bonds is 1. The predicted octanol–water partition coefficient (Wildman–Crippen LogP) is 0.667. The molecule has 1 aliphatic rings. The van der Waals surface area contributed by atoms with E-state index in [-0.39, 0.29) is 29.3 Å². The Kier molecular flexibility index (Phi) is 3.49. The maximum atomic E-state index is 13.3. The van der Waals surface area contributed by atoms with Gasteiger partial charge in [0.15, 0.2) is 9.84 Å². The molecule has 0 saturated carbocycles. The third-order valence-electron chi connectivity index (χ3n) is 3.21. The Labute approximate surface area is 111 Å². The van der Waals surface area contributed by atoms with Crippen molar-refractivity contribution in [2.75, 3.05) is 23.8 Å². The summed E-state index contributed by atoms with van der Waals surface area (Å²) in [6.07, 6.45) is 0. The van der Waals surface area contributed by atoms with Gasteiger partial charge in [-0.05, 0) is 19.1 Å². The Morgan fingerprint density at radius 3 is 2.79 bits per heavy atom. The first-order valence-electron chi connectivity index (χ1n) is 5.87. The summed E-state index contributed by atoms with van der Waals surface area (Å²) in [7, 11) is -3.10. The molecule has 1 atom stereocenters. The summed E-state index contributed by atoms with van der Waals surface area (Å²) in [4.78, 5) is 13.7. The van der Waals surface area contributed by atoms with Gasteiger partial charge in [-0.1, -0.05) is 6.07 Å². The third kappa shape index (κ3) is 2.70. The van der Waals surface area contributed by atoms with Crippen molar-refractivity contribution in [1.29, 1.82) is 0 Å². The van der Waals surface area contributed by atoms with Crippen molar-refractivity contribution in [3.63, 3.8) is 0 Å². The van der Waals surface area contributed by atoms with E-state index in [2.05, 4.69) is 0 Å². The van der Waals surface area contributed by atoms with Gasteiger partial charge in [0.25, 0.3) is 5.91 Å². The maximum absolute atomic E-state index is 13.3. The summed E-state index contributed by atoms with van der Waals surface area (Å²) in [5.74, 6) is -1.23. The van der Waals surface area contributed by atoms with Gasteiger partial charge in [0.05, 0.1) is 22.8 Å². The van der Waals surface area contributed by atoms with E-state index in [1.165, 1.54) is 23.1 Å². The Morgan fingerprint density at radius 1 is 1.47 bits per heavy atom. The molecule has 5 nitrogen and oxygen atoms in total. The fourth-order valence-corrected chi connectivity index (χ4v) is 3.74. The van der Waals surface area contributed by atoms with E-state index in [4.69, 9.17) is 5.73 Å². The molecule has 0 bridgehead atoms. The number of nitrogen functional groups attached to an aromatic ring is 1. The van der Waals surface area contributed by atoms with Crippen molar-refractivity contribution >= 4 is 21.4 Å². The van der Waals surface area contributed by atoms with Crippen molar-refractivity contribution in [2.24, 2.45) is 0 Å². The highest BCUT2D eigenvalue weighted by atomic mass is 32.2. The van der Waals surface area contributed by atoms with E-state index >= 15 is 0 Å². The summed E-state index contributed by atoms with van der Waals surface area (Å²) in [6, 6.07) is 3.59. The molecule has 1 aliphatic heterocycles. The van der Waals surface area contributed by atoms with Crippen LogP contribution < -0.4 is 5.73 Å². The van der Waals surface area contributed by atoms with Gasteiger partial charge in [0.2, 0.25) is 0 Å². The van der Waals surface area contributed by atoms with Crippen molar-refractivity contribution in [1.82, 2.24) is 4.90 Å². The van der Waals surface area contributed by atoms with E-state index in [1.54, 1.807) is 6.92 Å². The molecule has 0 aliphatic carbocycles. The number of amides is 1. The predicted molar refractivity (Wildman–Crippen MR) is 70.0 cm³/mol. The molecule has 19 heavy (non-hydrogen) atoms. The van der Waals surface area contributed by atoms with Gasteiger partial charge in [-0.3, -0.25) is 4.79 Å². The lowest BCUT2D eigenvalue weighted by Gasteiger charge is -2.33. The first kappa shape index (κ1) is 13.8. The summed E-state index contributed by atoms with van der Waals surface area (Å²) in [5.41, 5.74) is 5.42. The molecule has 0 radical (unpaired) electrons. The van der Waals surface area contributed by atoms with E-state index in [0.717, 1.165) is 0 Å². The molecular formula is C12H15FN2O3S. The SMILES string of the molecule is CC1CS(=O)(=O)CCN1C(=O)c1cccc(F)c1N. The molecule has 1 unspecified atom stereocenters. The van der Waals surface area contributed by atoms with Crippen LogP contribution in [0, 0.1) is 5.82 Å². The molecule has 2 rings (SSSR count). The summed E-state index contributed by atoms with van der Waals surface area (Å²) in [6.45, 7) is 1.77. The molecule has 104 valence electrons. The number of sulfone groups is 1. The fourth-order valence-electron chi connectivity index (χ4n) is 2.18. The fraction of sp³-hybridized carbons (Fsp3) is 0.417. The van der Waals surface area contributed by atoms with Crippen molar-refractivity contribution in [3.05, 3.63) is 29.6 Å². The average molecular weight is 286 g/mol. The number of hydrogen-bond donors (Lipinski definition) is 1. The number of nitrogens with two attached hydrogens (primary N) is 1. The zero-order chi connectivity index (χ0) is 14.2. The number of carbonyl (C=O) groups is 1. The van der Waals surface area contributed by atoms with Gasteiger partial charge in [0.1, 0.15) is 5.82 Å². The molecule has 1 saturated heterocycles. The summed E-state index contributed by atoms with van der Waals surface area (Å²) in [5, 5.41) is 0. The molecule has 0 spiro atoms. The van der Waals surface area contributed by atoms with Crippen LogP contribution in [0.2, 0.25) is 0 Å². The second-order valence-corrected chi connectivity index (χ2v) is 6.89. The normalized spacial score (nSPS) is 22.2. The van der Waals surface area contributed by atoms with Gasteiger partial charge < -0.3 is 10.6 Å². The lowest BCUT2D eigenvalue weighted by Crippen LogP contribution is -2.49. The van der Waals surface area contributed by atoms with Gasteiger partial charge in [-0.2, -0.15) is 0 Å². The lowest BCUT2D eigenvalue weighted by molar-refractivity contribution is 0.0713. The molecular weight excluding hydrogens is 271 g/mol. The third-order valence-corrected chi connectivity index (χ3v) is 5.01. The van der Waals surface area contributed by atoms with Gasteiger partial charge in [-0.15, -0.1) is 0 Å². The Bertz CT molecular complexity index is 615. The van der Waals surface area contributed by atoms with Crippen molar-refractivity contribution in [3.8, 4) is 0 Å². The Morgan fingerprint density at radius 2 is 2.16 bits per heavy atom. The van der Waals surface area contributed by atoms with Crippen LogP contribution in [0.1, 0.15) is 17.3 Å². The molecule has 1 aromatic carbocycles. The maximum Gasteiger partial charge on any atom is 0.256 e. The van der Waals surface area contributed by atoms with E-state index in [1.807, 2.05) is 0 Å². The zero-order valence-corrected chi connectivity index (χ0v) is 11.3. The molecule has 2 N–H and O–H groups in total. The van der Waals surface area contributed by atoms with Crippen LogP contribution in [-0.2, 0) is 9.84 Å². The largest absolute Gasteiger partial charge is 0.396 e. The lowest BCUT2D eigenvalue weighted by atomic mass is 10.1. The number of hydrogen-bond acceptors (Lipinski definition) is 4. The average Bonchev–Trinajstić information content (AvgIpc) is 2.31. The Balaban J connectivity index is 2.28. The molecule has 1 aromatic rings. The minimum absolute atomic E-state index is 0.0711. The molecule has 0 aromatic heterocycles. The van der Waals surface area contributed by atoms with E-state index < -0.39 is 27.6 Å². The van der Waals surface area contributed by atoms with Crippen LogP contribution in [-0.4, -0.2) is 43.3 Å². The monoisotopic (exact) mass is 286 g/mol. The molecule has 7 heteroatoms. The number of anilines is 1. The number of halogens is 1. The first-order chi connectivity index (χ1) is 8.82. The second kappa shape index (κ2) is 4.80. The minimum atomic E-state index is -3.10. The van der Waals surface area contributed by atoms with Crippen LogP contribution in [0.25, 0.3) is 0 Å². The topological polar surface area (TPSA) is 80.5 Å². The van der Waals surface area contributed by atoms with E-state index in [9.17, 15) is 17.6 Å². The molecule has 1 amide bonds. The molecule has 1 fully saturated rings. The van der Waals surface area contributed by atoms with Gasteiger partial charge in [0, 0.05) is 12.6 Å². The number of carbonyl (C=O) groups excluding carboxylic acids is 1. The minimum Gasteiger partial charge on any atom is -0.396 e. The van der Waals surface area contributed by atoms with Crippen LogP contribution in [0.3, 0.4) is 0 Å². The standard InChI is InChI=1S/C12H15FN2O3S/c1-8-7-19(17,18)6-5-15(8)12(16)9-3-2-4-10(13)11(9)14/h2-4,8H,5-7,14H2,1H3. The summed E-state index contributed by atoms with van der Waals surface area (Å²) < 4.78 is 36.3. The highest BCUT2D eigenvalue weighted by molar-refractivity contribution is 7.91. The second-order valence-electron chi connectivity index (χ2n) is 4.66. The van der Waals surface area contributed by atoms with Crippen LogP contribution >= 0.6 is 0 Å².